The van der Waals surface area contributed by atoms with Crippen molar-refractivity contribution in [2.75, 3.05) is 11.9 Å². The van der Waals surface area contributed by atoms with Gasteiger partial charge in [-0.1, -0.05) is 55.8 Å². The number of benzene rings is 2. The molecule has 1 aromatic heterocycles. The van der Waals surface area contributed by atoms with Gasteiger partial charge in [0.15, 0.2) is 0 Å². The molecule has 42 heavy (non-hydrogen) atoms. The van der Waals surface area contributed by atoms with E-state index in [-0.39, 0.29) is 5.41 Å². The van der Waals surface area contributed by atoms with E-state index in [0.717, 1.165) is 61.2 Å². The maximum Gasteiger partial charge on any atom is 0.329 e. The molecule has 4 atom stereocenters. The average molecular weight is 589 g/mol. The molecule has 2 aromatic carbocycles. The molecule has 6 rings (SSSR count). The molecular weight excluding hydrogens is 548 g/mol. The first-order valence-electron chi connectivity index (χ1n) is 15.4. The number of nitrogens with one attached hydrogen (secondary N) is 1. The summed E-state index contributed by atoms with van der Waals surface area (Å²) >= 11 is 6.21. The number of aromatic nitrogens is 1. The highest BCUT2D eigenvalue weighted by Gasteiger charge is 2.54. The normalized spacial score (nSPS) is 29.0. The number of aliphatic carboxylic acids is 1. The standard InChI is InChI=1S/C35H41ClN2O4/c1-22(21-42-30-12-17-37-32-29(39)11-10-23(2)31(30)32)18-25-19-24-6-3-4-9-28(24)34(25)13-15-35(16-14-34,33(40)41)38-27-8-5-7-26(36)20-27/h3-9,12,17,20,22-23,25,29,38-39H,10-11,13-16,18-19,21H2,1-2H3,(H,40,41)/t22-,23-,25?,29+,34?,35?/m1/s1. The lowest BCUT2D eigenvalue weighted by molar-refractivity contribution is -0.144. The summed E-state index contributed by atoms with van der Waals surface area (Å²) < 4.78 is 6.44. The molecule has 0 saturated heterocycles. The van der Waals surface area contributed by atoms with Gasteiger partial charge in [0.05, 0.1) is 18.4 Å². The molecule has 3 N–H and O–H groups in total. The predicted octanol–water partition coefficient (Wildman–Crippen LogP) is 7.69. The minimum atomic E-state index is -1.02. The number of nitrogens with zero attached hydrogens (tertiary/aromatic N) is 1. The number of carboxylic acids is 1. The Balaban J connectivity index is 1.19. The van der Waals surface area contributed by atoms with Gasteiger partial charge in [0.2, 0.25) is 0 Å². The van der Waals surface area contributed by atoms with Crippen molar-refractivity contribution in [3.05, 3.63) is 88.2 Å². The number of ether oxygens (including phenoxy) is 1. The van der Waals surface area contributed by atoms with Gasteiger partial charge >= 0.3 is 5.97 Å². The molecule has 7 heteroatoms. The Morgan fingerprint density at radius 3 is 2.67 bits per heavy atom. The van der Waals surface area contributed by atoms with E-state index in [0.29, 0.717) is 42.2 Å². The summed E-state index contributed by atoms with van der Waals surface area (Å²) in [6.45, 7) is 5.04. The zero-order valence-corrected chi connectivity index (χ0v) is 25.2. The summed E-state index contributed by atoms with van der Waals surface area (Å²) in [5, 5.41) is 24.9. The summed E-state index contributed by atoms with van der Waals surface area (Å²) in [7, 11) is 0. The van der Waals surface area contributed by atoms with Gasteiger partial charge in [-0.25, -0.2) is 4.79 Å². The van der Waals surface area contributed by atoms with Gasteiger partial charge in [0.1, 0.15) is 11.3 Å². The van der Waals surface area contributed by atoms with Crippen molar-refractivity contribution in [3.63, 3.8) is 0 Å². The van der Waals surface area contributed by atoms with Gasteiger partial charge in [0, 0.05) is 22.5 Å². The number of fused-ring (bicyclic) bond motifs is 3. The number of aliphatic hydroxyl groups excluding tert-OH is 1. The van der Waals surface area contributed by atoms with Crippen LogP contribution in [-0.2, 0) is 16.6 Å². The van der Waals surface area contributed by atoms with Gasteiger partial charge < -0.3 is 20.3 Å². The van der Waals surface area contributed by atoms with E-state index in [9.17, 15) is 15.0 Å². The maximum atomic E-state index is 12.7. The predicted molar refractivity (Wildman–Crippen MR) is 165 cm³/mol. The molecule has 6 nitrogen and oxygen atoms in total. The first-order valence-corrected chi connectivity index (χ1v) is 15.7. The van der Waals surface area contributed by atoms with E-state index in [1.54, 1.807) is 18.3 Å². The molecule has 3 aromatic rings. The zero-order chi connectivity index (χ0) is 29.5. The number of rotatable bonds is 8. The van der Waals surface area contributed by atoms with Gasteiger partial charge in [-0.2, -0.15) is 0 Å². The van der Waals surface area contributed by atoms with Crippen LogP contribution in [0, 0.1) is 11.8 Å². The SMILES string of the molecule is C[C@@H](COc1ccnc2c1[C@H](C)CC[C@@H]2O)CC1Cc2ccccc2C12CCC(Nc1cccc(Cl)c1)(C(=O)O)CC2. The number of halogens is 1. The number of hydrogen-bond acceptors (Lipinski definition) is 5. The van der Waals surface area contributed by atoms with Crippen LogP contribution < -0.4 is 10.1 Å². The summed E-state index contributed by atoms with van der Waals surface area (Å²) in [4.78, 5) is 17.2. The minimum Gasteiger partial charge on any atom is -0.493 e. The number of pyridine rings is 1. The zero-order valence-electron chi connectivity index (χ0n) is 24.5. The van der Waals surface area contributed by atoms with Crippen LogP contribution in [0.2, 0.25) is 5.02 Å². The Morgan fingerprint density at radius 2 is 1.90 bits per heavy atom. The molecule has 3 aliphatic rings. The van der Waals surface area contributed by atoms with Gasteiger partial charge in [-0.15, -0.1) is 0 Å². The summed E-state index contributed by atoms with van der Waals surface area (Å²) in [6, 6.07) is 18.0. The highest BCUT2D eigenvalue weighted by Crippen LogP contribution is 2.56. The Kier molecular flexibility index (Phi) is 7.97. The van der Waals surface area contributed by atoms with E-state index >= 15 is 0 Å². The van der Waals surface area contributed by atoms with Crippen LogP contribution in [0.15, 0.2) is 60.8 Å². The molecule has 0 radical (unpaired) electrons. The smallest absolute Gasteiger partial charge is 0.329 e. The molecular formula is C35H41ClN2O4. The largest absolute Gasteiger partial charge is 0.493 e. The van der Waals surface area contributed by atoms with Crippen LogP contribution in [0.5, 0.6) is 5.75 Å². The minimum absolute atomic E-state index is 0.0473. The van der Waals surface area contributed by atoms with Gasteiger partial charge in [-0.05, 0) is 110 Å². The van der Waals surface area contributed by atoms with Gasteiger partial charge in [-0.3, -0.25) is 4.98 Å². The lowest BCUT2D eigenvalue weighted by Gasteiger charge is -2.47. The molecule has 1 heterocycles. The fraction of sp³-hybridized carbons (Fsp3) is 0.486. The molecule has 222 valence electrons. The maximum absolute atomic E-state index is 12.7. The summed E-state index contributed by atoms with van der Waals surface area (Å²) in [5.74, 6) is 1.08. The quantitative estimate of drug-likeness (QED) is 0.250. The van der Waals surface area contributed by atoms with Crippen LogP contribution in [0.3, 0.4) is 0 Å². The number of aliphatic hydroxyl groups is 1. The first kappa shape index (κ1) is 29.0. The van der Waals surface area contributed by atoms with Crippen molar-refractivity contribution < 1.29 is 19.7 Å². The van der Waals surface area contributed by atoms with E-state index in [1.807, 2.05) is 18.2 Å². The van der Waals surface area contributed by atoms with Crippen LogP contribution in [-0.4, -0.2) is 33.3 Å². The summed E-state index contributed by atoms with van der Waals surface area (Å²) in [6.07, 6.45) is 7.63. The van der Waals surface area contributed by atoms with E-state index in [4.69, 9.17) is 16.3 Å². The lowest BCUT2D eigenvalue weighted by Crippen LogP contribution is -2.53. The lowest BCUT2D eigenvalue weighted by atomic mass is 9.59. The van der Waals surface area contributed by atoms with Crippen LogP contribution >= 0.6 is 11.6 Å². The monoisotopic (exact) mass is 588 g/mol. The second kappa shape index (κ2) is 11.5. The van der Waals surface area contributed by atoms with Crippen molar-refractivity contribution >= 4 is 23.3 Å². The van der Waals surface area contributed by atoms with E-state index in [1.165, 1.54) is 11.1 Å². The second-order valence-electron chi connectivity index (χ2n) is 13.0. The van der Waals surface area contributed by atoms with Crippen LogP contribution in [0.1, 0.15) is 93.2 Å². The molecule has 1 saturated carbocycles. The third-order valence-corrected chi connectivity index (χ3v) is 10.5. The fourth-order valence-corrected chi connectivity index (χ4v) is 8.23. The molecule has 1 unspecified atom stereocenters. The third-order valence-electron chi connectivity index (χ3n) is 10.3. The molecule has 0 aliphatic heterocycles. The van der Waals surface area contributed by atoms with Crippen molar-refractivity contribution in [1.29, 1.82) is 0 Å². The molecule has 1 spiro atoms. The Labute approximate surface area is 253 Å². The van der Waals surface area contributed by atoms with Crippen molar-refractivity contribution in [1.82, 2.24) is 4.98 Å². The van der Waals surface area contributed by atoms with Crippen LogP contribution in [0.4, 0.5) is 5.69 Å². The van der Waals surface area contributed by atoms with E-state index in [2.05, 4.69) is 48.4 Å². The van der Waals surface area contributed by atoms with Crippen molar-refractivity contribution in [3.8, 4) is 5.75 Å². The Bertz CT molecular complexity index is 1450. The van der Waals surface area contributed by atoms with Crippen molar-refractivity contribution in [2.45, 2.75) is 88.2 Å². The number of anilines is 1. The molecule has 1 fully saturated rings. The Morgan fingerprint density at radius 1 is 1.12 bits per heavy atom. The highest BCUT2D eigenvalue weighted by atomic mass is 35.5. The molecule has 0 bridgehead atoms. The van der Waals surface area contributed by atoms with Gasteiger partial charge in [0.25, 0.3) is 0 Å². The first-order chi connectivity index (χ1) is 20.2. The van der Waals surface area contributed by atoms with E-state index < -0.39 is 17.6 Å². The highest BCUT2D eigenvalue weighted by molar-refractivity contribution is 6.30. The average Bonchev–Trinajstić information content (AvgIpc) is 3.27. The number of carboxylic acid groups (broad SMARTS) is 1. The number of carbonyl (C=O) groups is 1. The van der Waals surface area contributed by atoms with Crippen molar-refractivity contribution in [2.24, 2.45) is 11.8 Å². The summed E-state index contributed by atoms with van der Waals surface area (Å²) in [5.41, 5.74) is 4.29. The number of hydrogen-bond donors (Lipinski definition) is 3. The topological polar surface area (TPSA) is 91.7 Å². The second-order valence-corrected chi connectivity index (χ2v) is 13.4. The molecule has 0 amide bonds. The molecule has 3 aliphatic carbocycles. The fourth-order valence-electron chi connectivity index (χ4n) is 8.04. The Hall–Kier alpha value is -3.09. The van der Waals surface area contributed by atoms with Crippen LogP contribution in [0.25, 0.3) is 0 Å². The third kappa shape index (κ3) is 5.28.